The van der Waals surface area contributed by atoms with Gasteiger partial charge in [0, 0.05) is 10.2 Å². The van der Waals surface area contributed by atoms with Crippen molar-refractivity contribution in [2.45, 2.75) is 11.8 Å². The molecule has 3 N–H and O–H groups in total. The predicted molar refractivity (Wildman–Crippen MR) is 90.6 cm³/mol. The van der Waals surface area contributed by atoms with Gasteiger partial charge in [-0.2, -0.15) is 0 Å². The third-order valence-corrected chi connectivity index (χ3v) is 5.60. The molecule has 0 atom stereocenters. The van der Waals surface area contributed by atoms with E-state index in [2.05, 4.69) is 20.7 Å². The molecule has 0 fully saturated rings. The van der Waals surface area contributed by atoms with Crippen LogP contribution in [0, 0.1) is 6.92 Å². The largest absolute Gasteiger partial charge is 0.399 e. The molecule has 21 heavy (non-hydrogen) atoms. The topological polar surface area (TPSA) is 72.2 Å². The third kappa shape index (κ3) is 3.63. The molecule has 2 aromatic rings. The van der Waals surface area contributed by atoms with Gasteiger partial charge in [-0.15, -0.1) is 0 Å². The monoisotopic (exact) mass is 408 g/mol. The molecule has 4 nitrogen and oxygen atoms in total. The fraction of sp³-hybridized carbons (Fsp3) is 0.0769. The first-order valence-electron chi connectivity index (χ1n) is 5.74. The molecule has 112 valence electrons. The van der Waals surface area contributed by atoms with Gasteiger partial charge in [0.25, 0.3) is 10.0 Å². The van der Waals surface area contributed by atoms with Crippen LogP contribution in [-0.2, 0) is 10.0 Å². The number of halogens is 3. The first-order chi connectivity index (χ1) is 9.70. The Bertz CT molecular complexity index is 787. The summed E-state index contributed by atoms with van der Waals surface area (Å²) in [5.41, 5.74) is 7.25. The van der Waals surface area contributed by atoms with E-state index in [1.807, 2.05) is 6.92 Å². The fourth-order valence-electron chi connectivity index (χ4n) is 1.73. The number of hydrogen-bond acceptors (Lipinski definition) is 3. The van der Waals surface area contributed by atoms with Crippen LogP contribution in [0.5, 0.6) is 0 Å². The molecule has 0 spiro atoms. The van der Waals surface area contributed by atoms with Crippen LogP contribution in [0.4, 0.5) is 11.4 Å². The summed E-state index contributed by atoms with van der Waals surface area (Å²) < 4.78 is 28.0. The van der Waals surface area contributed by atoms with Crippen molar-refractivity contribution in [3.8, 4) is 0 Å². The van der Waals surface area contributed by atoms with E-state index in [1.165, 1.54) is 12.1 Å². The highest BCUT2D eigenvalue weighted by Crippen LogP contribution is 2.34. The van der Waals surface area contributed by atoms with Crippen molar-refractivity contribution in [3.05, 3.63) is 50.4 Å². The van der Waals surface area contributed by atoms with Crippen LogP contribution in [0.3, 0.4) is 0 Å². The number of rotatable bonds is 3. The maximum atomic E-state index is 12.5. The molecule has 0 saturated carbocycles. The summed E-state index contributed by atoms with van der Waals surface area (Å²) in [6.45, 7) is 1.90. The first kappa shape index (κ1) is 16.4. The van der Waals surface area contributed by atoms with E-state index in [-0.39, 0.29) is 14.9 Å². The first-order valence-corrected chi connectivity index (χ1v) is 8.77. The lowest BCUT2D eigenvalue weighted by Crippen LogP contribution is -2.14. The Morgan fingerprint density at radius 3 is 2.24 bits per heavy atom. The van der Waals surface area contributed by atoms with Crippen LogP contribution >= 0.6 is 39.1 Å². The number of nitrogen functional groups attached to an aromatic ring is 1. The quantitative estimate of drug-likeness (QED) is 0.735. The number of nitrogens with two attached hydrogens (primary N) is 1. The lowest BCUT2D eigenvalue weighted by atomic mass is 10.2. The van der Waals surface area contributed by atoms with Crippen LogP contribution in [0.2, 0.25) is 10.0 Å². The zero-order chi connectivity index (χ0) is 15.8. The molecule has 0 aromatic heterocycles. The summed E-state index contributed by atoms with van der Waals surface area (Å²) in [4.78, 5) is -0.201. The fourth-order valence-corrected chi connectivity index (χ4v) is 4.77. The second-order valence-corrected chi connectivity index (χ2v) is 7.69. The van der Waals surface area contributed by atoms with Gasteiger partial charge in [-0.3, -0.25) is 4.72 Å². The van der Waals surface area contributed by atoms with Crippen molar-refractivity contribution in [3.63, 3.8) is 0 Å². The van der Waals surface area contributed by atoms with Gasteiger partial charge < -0.3 is 5.73 Å². The summed E-state index contributed by atoms with van der Waals surface area (Å²) in [7, 11) is -3.93. The lowest BCUT2D eigenvalue weighted by molar-refractivity contribution is 0.601. The summed E-state index contributed by atoms with van der Waals surface area (Å²) >= 11 is 15.2. The highest BCUT2D eigenvalue weighted by molar-refractivity contribution is 9.10. The second kappa shape index (κ2) is 6.04. The maximum Gasteiger partial charge on any atom is 0.264 e. The minimum atomic E-state index is -3.93. The van der Waals surface area contributed by atoms with E-state index in [0.29, 0.717) is 15.8 Å². The highest BCUT2D eigenvalue weighted by atomic mass is 79.9. The van der Waals surface area contributed by atoms with Crippen LogP contribution in [0.1, 0.15) is 5.56 Å². The predicted octanol–water partition coefficient (Wildman–Crippen LogP) is 4.45. The van der Waals surface area contributed by atoms with Gasteiger partial charge in [0.2, 0.25) is 0 Å². The van der Waals surface area contributed by atoms with Crippen molar-refractivity contribution in [2.24, 2.45) is 0 Å². The van der Waals surface area contributed by atoms with Gasteiger partial charge >= 0.3 is 0 Å². The van der Waals surface area contributed by atoms with Crippen LogP contribution in [0.15, 0.2) is 39.7 Å². The minimum absolute atomic E-state index is 0.0317. The Morgan fingerprint density at radius 2 is 1.71 bits per heavy atom. The third-order valence-electron chi connectivity index (χ3n) is 2.66. The van der Waals surface area contributed by atoms with Gasteiger partial charge in [0.05, 0.1) is 15.7 Å². The molecule has 0 aliphatic heterocycles. The standard InChI is InChI=1S/C13H11BrCl2N2O2S/c1-7-2-3-12(9(14)4-7)18-21(19,20)13-10(15)5-8(17)6-11(13)16/h2-6,18H,17H2,1H3. The van der Waals surface area contributed by atoms with Gasteiger partial charge in [-0.25, -0.2) is 8.42 Å². The SMILES string of the molecule is Cc1ccc(NS(=O)(=O)c2c(Cl)cc(N)cc2Cl)c(Br)c1. The number of nitrogens with one attached hydrogen (secondary N) is 1. The molecule has 0 aliphatic rings. The summed E-state index contributed by atoms with van der Waals surface area (Å²) in [6, 6.07) is 7.91. The molecule has 0 radical (unpaired) electrons. The Labute approximate surface area is 141 Å². The molecule has 0 heterocycles. The van der Waals surface area contributed by atoms with Gasteiger partial charge in [-0.05, 0) is 52.7 Å². The molecule has 0 unspecified atom stereocenters. The van der Waals surface area contributed by atoms with E-state index in [1.54, 1.807) is 18.2 Å². The number of benzene rings is 2. The molecular formula is C13H11BrCl2N2O2S. The number of sulfonamides is 1. The average molecular weight is 410 g/mol. The lowest BCUT2D eigenvalue weighted by Gasteiger charge is -2.13. The molecule has 0 aliphatic carbocycles. The van der Waals surface area contributed by atoms with Crippen molar-refractivity contribution < 1.29 is 8.42 Å². The minimum Gasteiger partial charge on any atom is -0.399 e. The Morgan fingerprint density at radius 1 is 1.14 bits per heavy atom. The van der Waals surface area contributed by atoms with Gasteiger partial charge in [0.1, 0.15) is 4.90 Å². The Hall–Kier alpha value is -0.950. The number of anilines is 2. The maximum absolute atomic E-state index is 12.5. The molecule has 8 heteroatoms. The van der Waals surface area contributed by atoms with Crippen LogP contribution < -0.4 is 10.5 Å². The summed E-state index contributed by atoms with van der Waals surface area (Å²) in [5, 5.41) is -0.0635. The highest BCUT2D eigenvalue weighted by Gasteiger charge is 2.23. The van der Waals surface area contributed by atoms with E-state index >= 15 is 0 Å². The Balaban J connectivity index is 2.48. The average Bonchev–Trinajstić information content (AvgIpc) is 2.30. The number of hydrogen-bond donors (Lipinski definition) is 2. The molecular weight excluding hydrogens is 399 g/mol. The van der Waals surface area contributed by atoms with Crippen molar-refractivity contribution >= 4 is 60.5 Å². The van der Waals surface area contributed by atoms with Crippen molar-refractivity contribution in [1.29, 1.82) is 0 Å². The molecule has 0 amide bonds. The van der Waals surface area contributed by atoms with E-state index in [0.717, 1.165) is 5.56 Å². The van der Waals surface area contributed by atoms with E-state index in [4.69, 9.17) is 28.9 Å². The normalized spacial score (nSPS) is 11.4. The van der Waals surface area contributed by atoms with Gasteiger partial charge in [0.15, 0.2) is 0 Å². The Kier molecular flexibility index (Phi) is 4.72. The van der Waals surface area contributed by atoms with E-state index in [9.17, 15) is 8.42 Å². The van der Waals surface area contributed by atoms with Crippen LogP contribution in [-0.4, -0.2) is 8.42 Å². The summed E-state index contributed by atoms with van der Waals surface area (Å²) in [5.74, 6) is 0. The molecule has 2 aromatic carbocycles. The summed E-state index contributed by atoms with van der Waals surface area (Å²) in [6.07, 6.45) is 0. The molecule has 2 rings (SSSR count). The van der Waals surface area contributed by atoms with Crippen molar-refractivity contribution in [1.82, 2.24) is 0 Å². The number of aryl methyl sites for hydroxylation is 1. The van der Waals surface area contributed by atoms with Gasteiger partial charge in [-0.1, -0.05) is 29.3 Å². The van der Waals surface area contributed by atoms with Crippen LogP contribution in [0.25, 0.3) is 0 Å². The van der Waals surface area contributed by atoms with E-state index < -0.39 is 10.0 Å². The zero-order valence-corrected chi connectivity index (χ0v) is 14.7. The molecule has 0 saturated heterocycles. The van der Waals surface area contributed by atoms with Crippen molar-refractivity contribution in [2.75, 3.05) is 10.5 Å². The zero-order valence-electron chi connectivity index (χ0n) is 10.8. The smallest absolute Gasteiger partial charge is 0.264 e. The molecule has 0 bridgehead atoms. The second-order valence-electron chi connectivity index (χ2n) is 4.40.